The summed E-state index contributed by atoms with van der Waals surface area (Å²) in [6, 6.07) is 5.65. The Labute approximate surface area is 164 Å². The van der Waals surface area contributed by atoms with E-state index in [1.54, 1.807) is 6.07 Å². The Morgan fingerprint density at radius 3 is 2.36 bits per heavy atom. The molecule has 0 radical (unpaired) electrons. The topological polar surface area (TPSA) is 80.8 Å². The van der Waals surface area contributed by atoms with Gasteiger partial charge in [-0.05, 0) is 49.3 Å². The molecule has 2 aliphatic carbocycles. The summed E-state index contributed by atoms with van der Waals surface area (Å²) in [5, 5.41) is 0. The van der Waals surface area contributed by atoms with Gasteiger partial charge in [-0.1, -0.05) is 25.0 Å². The first-order valence-corrected chi connectivity index (χ1v) is 10.2. The number of likely N-dealkylation sites (tertiary alicyclic amines) is 1. The lowest BCUT2D eigenvalue weighted by Crippen LogP contribution is -2.33. The molecule has 0 N–H and O–H groups in total. The number of ether oxygens (including phenoxy) is 1. The normalized spacial score (nSPS) is 23.5. The smallest absolute Gasteiger partial charge is 0.308 e. The molecule has 28 heavy (non-hydrogen) atoms. The van der Waals surface area contributed by atoms with Crippen molar-refractivity contribution in [2.75, 3.05) is 13.2 Å². The largest absolute Gasteiger partial charge is 0.457 e. The van der Waals surface area contributed by atoms with Gasteiger partial charge < -0.3 is 4.74 Å². The van der Waals surface area contributed by atoms with Gasteiger partial charge in [0.05, 0.1) is 18.3 Å². The van der Waals surface area contributed by atoms with Gasteiger partial charge in [0.25, 0.3) is 0 Å². The zero-order valence-corrected chi connectivity index (χ0v) is 15.9. The van der Waals surface area contributed by atoms with Gasteiger partial charge in [0.15, 0.2) is 12.4 Å². The highest BCUT2D eigenvalue weighted by Gasteiger charge is 2.47. The minimum Gasteiger partial charge on any atom is -0.457 e. The maximum Gasteiger partial charge on any atom is 0.308 e. The molecule has 2 amide bonds. The second-order valence-electron chi connectivity index (χ2n) is 8.00. The number of amides is 2. The van der Waals surface area contributed by atoms with Crippen LogP contribution in [-0.2, 0) is 32.0 Å². The van der Waals surface area contributed by atoms with Gasteiger partial charge in [0, 0.05) is 12.1 Å². The Morgan fingerprint density at radius 2 is 1.64 bits per heavy atom. The van der Waals surface area contributed by atoms with Crippen LogP contribution in [0.5, 0.6) is 0 Å². The van der Waals surface area contributed by atoms with E-state index in [9.17, 15) is 19.2 Å². The third kappa shape index (κ3) is 3.60. The van der Waals surface area contributed by atoms with Gasteiger partial charge in [-0.25, -0.2) is 0 Å². The number of ketones is 1. The van der Waals surface area contributed by atoms with Crippen LogP contribution in [0.15, 0.2) is 18.2 Å². The van der Waals surface area contributed by atoms with E-state index < -0.39 is 5.97 Å². The highest BCUT2D eigenvalue weighted by molar-refractivity contribution is 6.05. The number of imide groups is 1. The lowest BCUT2D eigenvalue weighted by Gasteiger charge is -2.19. The van der Waals surface area contributed by atoms with E-state index >= 15 is 0 Å². The number of benzene rings is 1. The van der Waals surface area contributed by atoms with Crippen LogP contribution in [0.25, 0.3) is 0 Å². The molecule has 1 aromatic carbocycles. The summed E-state index contributed by atoms with van der Waals surface area (Å²) >= 11 is 0. The van der Waals surface area contributed by atoms with E-state index in [1.165, 1.54) is 16.0 Å². The summed E-state index contributed by atoms with van der Waals surface area (Å²) in [6.07, 6.45) is 6.52. The third-order valence-electron chi connectivity index (χ3n) is 6.26. The van der Waals surface area contributed by atoms with Gasteiger partial charge in [-0.3, -0.25) is 24.1 Å². The second kappa shape index (κ2) is 7.86. The number of esters is 1. The van der Waals surface area contributed by atoms with Crippen molar-refractivity contribution in [1.29, 1.82) is 0 Å². The summed E-state index contributed by atoms with van der Waals surface area (Å²) in [4.78, 5) is 50.3. The van der Waals surface area contributed by atoms with Crippen LogP contribution in [-0.4, -0.2) is 41.6 Å². The van der Waals surface area contributed by atoms with E-state index in [2.05, 4.69) is 0 Å². The summed E-state index contributed by atoms with van der Waals surface area (Å²) < 4.78 is 5.09. The number of carbonyl (C=O) groups excluding carboxylic acids is 4. The maximum atomic E-state index is 12.4. The predicted octanol–water partition coefficient (Wildman–Crippen LogP) is 2.47. The van der Waals surface area contributed by atoms with Gasteiger partial charge in [-0.15, -0.1) is 0 Å². The molecule has 2 atom stereocenters. The van der Waals surface area contributed by atoms with E-state index in [4.69, 9.17) is 4.74 Å². The Balaban J connectivity index is 1.26. The zero-order valence-electron chi connectivity index (χ0n) is 15.9. The van der Waals surface area contributed by atoms with Gasteiger partial charge in [0.1, 0.15) is 0 Å². The molecule has 3 aliphatic rings. The molecule has 1 saturated carbocycles. The Kier molecular flexibility index (Phi) is 5.29. The molecule has 0 bridgehead atoms. The van der Waals surface area contributed by atoms with E-state index in [0.717, 1.165) is 44.9 Å². The number of rotatable bonds is 6. The van der Waals surface area contributed by atoms with E-state index in [0.29, 0.717) is 5.56 Å². The van der Waals surface area contributed by atoms with Crippen molar-refractivity contribution in [3.8, 4) is 0 Å². The molecule has 148 valence electrons. The van der Waals surface area contributed by atoms with Crippen LogP contribution >= 0.6 is 0 Å². The summed E-state index contributed by atoms with van der Waals surface area (Å²) in [6.45, 7) is -0.276. The number of carbonyl (C=O) groups is 4. The van der Waals surface area contributed by atoms with Crippen LogP contribution in [0.4, 0.5) is 0 Å². The van der Waals surface area contributed by atoms with Crippen molar-refractivity contribution in [2.45, 2.75) is 51.4 Å². The second-order valence-corrected chi connectivity index (χ2v) is 8.00. The number of hydrogen-bond donors (Lipinski definition) is 0. The Bertz CT molecular complexity index is 806. The van der Waals surface area contributed by atoms with Gasteiger partial charge >= 0.3 is 5.97 Å². The maximum absolute atomic E-state index is 12.4. The lowest BCUT2D eigenvalue weighted by atomic mass is 9.81. The molecule has 1 heterocycles. The quantitative estimate of drug-likeness (QED) is 0.428. The third-order valence-corrected chi connectivity index (χ3v) is 6.26. The molecule has 0 unspecified atom stereocenters. The Morgan fingerprint density at radius 1 is 0.964 bits per heavy atom. The first-order valence-electron chi connectivity index (χ1n) is 10.2. The SMILES string of the molecule is O=C(CCN1C(=O)[C@H]2CCCC[C@H]2C1=O)OCC(=O)c1ccc2c(c1)CCC2. The van der Waals surface area contributed by atoms with Crippen molar-refractivity contribution in [3.05, 3.63) is 34.9 Å². The molecule has 6 heteroatoms. The molecule has 1 aliphatic heterocycles. The predicted molar refractivity (Wildman–Crippen MR) is 101 cm³/mol. The van der Waals surface area contributed by atoms with Crippen molar-refractivity contribution in [2.24, 2.45) is 11.8 Å². The standard InChI is InChI=1S/C22H25NO5/c24-19(16-9-8-14-4-3-5-15(14)12-16)13-28-20(25)10-11-23-21(26)17-6-1-2-7-18(17)22(23)27/h8-9,12,17-18H,1-7,10-11,13H2/t17-,18+. The van der Waals surface area contributed by atoms with Crippen LogP contribution in [0, 0.1) is 11.8 Å². The number of fused-ring (bicyclic) bond motifs is 2. The first-order chi connectivity index (χ1) is 13.5. The van der Waals surface area contributed by atoms with Crippen molar-refractivity contribution in [3.63, 3.8) is 0 Å². The monoisotopic (exact) mass is 383 g/mol. The number of nitrogens with zero attached hydrogens (tertiary/aromatic N) is 1. The fourth-order valence-electron chi connectivity index (χ4n) is 4.70. The molecular weight excluding hydrogens is 358 g/mol. The summed E-state index contributed by atoms with van der Waals surface area (Å²) in [7, 11) is 0. The van der Waals surface area contributed by atoms with Crippen molar-refractivity contribution >= 4 is 23.6 Å². The first kappa shape index (κ1) is 18.8. The molecule has 6 nitrogen and oxygen atoms in total. The molecule has 1 aromatic rings. The molecule has 4 rings (SSSR count). The average Bonchev–Trinajstić information content (AvgIpc) is 3.28. The highest BCUT2D eigenvalue weighted by Crippen LogP contribution is 2.38. The van der Waals surface area contributed by atoms with E-state index in [1.807, 2.05) is 12.1 Å². The van der Waals surface area contributed by atoms with Crippen LogP contribution < -0.4 is 0 Å². The zero-order chi connectivity index (χ0) is 19.7. The molecular formula is C22H25NO5. The van der Waals surface area contributed by atoms with Crippen LogP contribution in [0.1, 0.15) is 60.0 Å². The molecule has 0 spiro atoms. The van der Waals surface area contributed by atoms with Crippen LogP contribution in [0.2, 0.25) is 0 Å². The number of aryl methyl sites for hydroxylation is 2. The highest BCUT2D eigenvalue weighted by atomic mass is 16.5. The fourth-order valence-corrected chi connectivity index (χ4v) is 4.70. The lowest BCUT2D eigenvalue weighted by molar-refractivity contribution is -0.145. The summed E-state index contributed by atoms with van der Waals surface area (Å²) in [5.74, 6) is -1.53. The fraction of sp³-hybridized carbons (Fsp3) is 0.545. The average molecular weight is 383 g/mol. The van der Waals surface area contributed by atoms with Crippen molar-refractivity contribution < 1.29 is 23.9 Å². The van der Waals surface area contributed by atoms with Crippen molar-refractivity contribution in [1.82, 2.24) is 4.90 Å². The number of hydrogen-bond acceptors (Lipinski definition) is 5. The minimum absolute atomic E-state index is 0.0382. The van der Waals surface area contributed by atoms with Crippen LogP contribution in [0.3, 0.4) is 0 Å². The Hall–Kier alpha value is -2.50. The van der Waals surface area contributed by atoms with Gasteiger partial charge in [-0.2, -0.15) is 0 Å². The minimum atomic E-state index is -0.565. The van der Waals surface area contributed by atoms with Gasteiger partial charge in [0.2, 0.25) is 11.8 Å². The molecule has 1 saturated heterocycles. The summed E-state index contributed by atoms with van der Waals surface area (Å²) in [5.41, 5.74) is 3.04. The molecule has 2 fully saturated rings. The molecule has 0 aromatic heterocycles. The van der Waals surface area contributed by atoms with E-state index in [-0.39, 0.29) is 49.0 Å². The number of Topliss-reactive ketones (excluding diaryl/α,β-unsaturated/α-hetero) is 1.